The number of nitrogens with one attached hydrogen (secondary N) is 1. The number of benzene rings is 1. The Morgan fingerprint density at radius 3 is 2.49 bits per heavy atom. The minimum absolute atomic E-state index is 0.203. The summed E-state index contributed by atoms with van der Waals surface area (Å²) in [6, 6.07) is 8.06. The fourth-order valence-corrected chi connectivity index (χ4v) is 4.63. The molecule has 12 heteroatoms. The summed E-state index contributed by atoms with van der Waals surface area (Å²) in [7, 11) is 1.74. The summed E-state index contributed by atoms with van der Waals surface area (Å²) in [6.07, 6.45) is 1.60. The Kier molecular flexibility index (Phi) is 5.76. The van der Waals surface area contributed by atoms with Crippen molar-refractivity contribution in [2.45, 2.75) is 45.6 Å². The Morgan fingerprint density at radius 1 is 1.16 bits per heavy atom. The Labute approximate surface area is 213 Å². The lowest BCUT2D eigenvalue weighted by molar-refractivity contribution is -0.625. The molecular weight excluding hydrogens is 477 g/mol. The van der Waals surface area contributed by atoms with Crippen LogP contribution in [0.25, 0.3) is 16.9 Å². The molecule has 2 aromatic heterocycles. The molecule has 1 fully saturated rings. The number of carbonyl (C=O) groups is 2. The van der Waals surface area contributed by atoms with Gasteiger partial charge in [0.1, 0.15) is 17.1 Å². The van der Waals surface area contributed by atoms with E-state index in [1.54, 1.807) is 59.0 Å². The molecule has 194 valence electrons. The number of piperazine rings is 1. The van der Waals surface area contributed by atoms with Crippen molar-refractivity contribution in [1.82, 2.24) is 35.1 Å². The van der Waals surface area contributed by atoms with E-state index < -0.39 is 5.54 Å². The van der Waals surface area contributed by atoms with Gasteiger partial charge in [-0.3, -0.25) is 9.59 Å². The molecule has 1 saturated heterocycles. The summed E-state index contributed by atoms with van der Waals surface area (Å²) >= 11 is 0. The van der Waals surface area contributed by atoms with Crippen LogP contribution in [-0.4, -0.2) is 73.0 Å². The quantitative estimate of drug-likeness (QED) is 0.501. The smallest absolute Gasteiger partial charge is 0.321 e. The maximum atomic E-state index is 13.7. The number of hydrogen-bond acceptors (Lipinski definition) is 7. The summed E-state index contributed by atoms with van der Waals surface area (Å²) in [5.41, 5.74) is 6.23. The van der Waals surface area contributed by atoms with Crippen molar-refractivity contribution >= 4 is 23.4 Å². The minimum atomic E-state index is -1.11. The van der Waals surface area contributed by atoms with Gasteiger partial charge in [0.15, 0.2) is 5.65 Å². The highest BCUT2D eigenvalue weighted by molar-refractivity contribution is 6.03. The Balaban J connectivity index is 1.51. The predicted molar refractivity (Wildman–Crippen MR) is 134 cm³/mol. The van der Waals surface area contributed by atoms with Crippen molar-refractivity contribution in [3.05, 3.63) is 53.6 Å². The number of guanidine groups is 1. The summed E-state index contributed by atoms with van der Waals surface area (Å²) < 4.78 is 15.1. The number of hydrazone groups is 1. The minimum Gasteiger partial charge on any atom is -0.321 e. The van der Waals surface area contributed by atoms with Crippen LogP contribution in [0.1, 0.15) is 50.7 Å². The standard InChI is InChI=1S/C25H30FN9O2/c1-24(2,3)17-13-18(15-7-9-16(26)10-8-15)29-35-14-19(27-20(17)35)21(36)34-12-11-33(22(37)25(34,4)5)23-28-31-32(6)30-23/h7-10,13-14,31H,11-12H2,1-6H3,(H,28,30)/p+1. The molecule has 3 N–H and O–H groups in total. The van der Waals surface area contributed by atoms with Gasteiger partial charge in [-0.1, -0.05) is 31.4 Å². The van der Waals surface area contributed by atoms with Crippen LogP contribution in [0.5, 0.6) is 0 Å². The van der Waals surface area contributed by atoms with Gasteiger partial charge in [-0.15, -0.1) is 0 Å². The zero-order valence-electron chi connectivity index (χ0n) is 21.8. The first-order chi connectivity index (χ1) is 17.4. The van der Waals surface area contributed by atoms with Crippen molar-refractivity contribution in [2.75, 3.05) is 20.1 Å². The molecule has 0 radical (unpaired) electrons. The highest BCUT2D eigenvalue weighted by Gasteiger charge is 2.48. The Morgan fingerprint density at radius 2 is 1.86 bits per heavy atom. The van der Waals surface area contributed by atoms with Gasteiger partial charge in [0.25, 0.3) is 11.8 Å². The van der Waals surface area contributed by atoms with Gasteiger partial charge in [0.05, 0.1) is 18.4 Å². The zero-order chi connectivity index (χ0) is 26.7. The van der Waals surface area contributed by atoms with E-state index in [0.717, 1.165) is 11.1 Å². The lowest BCUT2D eigenvalue weighted by Gasteiger charge is -2.44. The van der Waals surface area contributed by atoms with E-state index in [0.29, 0.717) is 30.4 Å². The first kappa shape index (κ1) is 24.8. The number of halogens is 1. The molecule has 37 heavy (non-hydrogen) atoms. The van der Waals surface area contributed by atoms with Crippen LogP contribution in [-0.2, 0) is 10.2 Å². The lowest BCUT2D eigenvalue weighted by atomic mass is 9.87. The van der Waals surface area contributed by atoms with E-state index in [1.165, 1.54) is 17.3 Å². The van der Waals surface area contributed by atoms with Crippen molar-refractivity contribution < 1.29 is 19.4 Å². The lowest BCUT2D eigenvalue weighted by Crippen LogP contribution is -2.98. The second kappa shape index (κ2) is 8.60. The van der Waals surface area contributed by atoms with Crippen molar-refractivity contribution in [3.63, 3.8) is 0 Å². The van der Waals surface area contributed by atoms with Crippen LogP contribution in [0, 0.1) is 5.82 Å². The third kappa shape index (κ3) is 4.31. The monoisotopic (exact) mass is 508 g/mol. The van der Waals surface area contributed by atoms with Crippen LogP contribution >= 0.6 is 0 Å². The number of quaternary nitrogens is 1. The number of imidazole rings is 1. The van der Waals surface area contributed by atoms with Gasteiger partial charge >= 0.3 is 5.96 Å². The third-order valence-corrected chi connectivity index (χ3v) is 6.74. The fraction of sp³-hybridized carbons (Fsp3) is 0.400. The van der Waals surface area contributed by atoms with Crippen LogP contribution in [0.2, 0.25) is 0 Å². The molecule has 2 aliphatic heterocycles. The van der Waals surface area contributed by atoms with Gasteiger partial charge in [-0.05, 0) is 49.6 Å². The number of nitrogens with two attached hydrogens (primary N) is 1. The van der Waals surface area contributed by atoms with Gasteiger partial charge in [-0.25, -0.2) is 18.8 Å². The van der Waals surface area contributed by atoms with Gasteiger partial charge in [0, 0.05) is 24.7 Å². The third-order valence-electron chi connectivity index (χ3n) is 6.74. The SMILES string of the molecule is CN1N=C(N2CCN(C(=O)c3cn4nc(-c5ccc(F)cc5)cc(C(C)(C)C)c4n3)C(C)(C)C2=O)[NH2+]N1. The first-order valence-electron chi connectivity index (χ1n) is 12.1. The number of carbonyl (C=O) groups excluding carboxylic acids is 2. The fourth-order valence-electron chi connectivity index (χ4n) is 4.63. The topological polar surface area (TPSA) is 115 Å². The molecule has 0 saturated carbocycles. The van der Waals surface area contributed by atoms with Crippen molar-refractivity contribution in [1.29, 1.82) is 0 Å². The molecule has 0 unspecified atom stereocenters. The van der Waals surface area contributed by atoms with Crippen LogP contribution in [0.4, 0.5) is 4.39 Å². The number of fused-ring (bicyclic) bond motifs is 1. The number of nitrogens with zero attached hydrogens (tertiary/aromatic N) is 7. The zero-order valence-corrected chi connectivity index (χ0v) is 21.8. The highest BCUT2D eigenvalue weighted by Crippen LogP contribution is 2.31. The highest BCUT2D eigenvalue weighted by atomic mass is 19.1. The van der Waals surface area contributed by atoms with Gasteiger partial charge in [0.2, 0.25) is 0 Å². The maximum absolute atomic E-state index is 13.7. The average molecular weight is 509 g/mol. The molecule has 4 heterocycles. The molecule has 2 aliphatic rings. The van der Waals surface area contributed by atoms with Crippen LogP contribution < -0.4 is 11.0 Å². The molecule has 0 bridgehead atoms. The molecule has 0 atom stereocenters. The molecule has 0 aliphatic carbocycles. The van der Waals surface area contributed by atoms with E-state index in [-0.39, 0.29) is 28.7 Å². The largest absolute Gasteiger partial charge is 0.348 e. The maximum Gasteiger partial charge on any atom is 0.348 e. The van der Waals surface area contributed by atoms with Crippen LogP contribution in [0.15, 0.2) is 41.6 Å². The summed E-state index contributed by atoms with van der Waals surface area (Å²) in [5.74, 6) is -0.392. The summed E-state index contributed by atoms with van der Waals surface area (Å²) in [4.78, 5) is 34.9. The molecule has 0 spiro atoms. The molecule has 2 amide bonds. The number of rotatable bonds is 2. The average Bonchev–Trinajstić information content (AvgIpc) is 3.45. The van der Waals surface area contributed by atoms with E-state index in [2.05, 4.69) is 41.5 Å². The summed E-state index contributed by atoms with van der Waals surface area (Å²) in [5, 5.41) is 10.5. The number of amides is 2. The second-order valence-corrected chi connectivity index (χ2v) is 10.8. The van der Waals surface area contributed by atoms with E-state index in [4.69, 9.17) is 0 Å². The Bertz CT molecular complexity index is 1420. The van der Waals surface area contributed by atoms with E-state index >= 15 is 0 Å². The molecule has 3 aromatic rings. The van der Waals surface area contributed by atoms with Crippen molar-refractivity contribution in [2.24, 2.45) is 5.10 Å². The van der Waals surface area contributed by atoms with Crippen LogP contribution in [0.3, 0.4) is 0 Å². The normalized spacial score (nSPS) is 18.1. The van der Waals surface area contributed by atoms with E-state index in [1.807, 2.05) is 6.07 Å². The first-order valence-corrected chi connectivity index (χ1v) is 12.1. The number of hydrazine groups is 1. The van der Waals surface area contributed by atoms with E-state index in [9.17, 15) is 14.0 Å². The molecule has 11 nitrogen and oxygen atoms in total. The summed E-state index contributed by atoms with van der Waals surface area (Å²) in [6.45, 7) is 10.3. The molecular formula is C25H31FN9O2+. The Hall–Kier alpha value is -3.90. The molecule has 5 rings (SSSR count). The van der Waals surface area contributed by atoms with Gasteiger partial charge in [-0.2, -0.15) is 15.6 Å². The predicted octanol–water partition coefficient (Wildman–Crippen LogP) is 1.10. The number of aromatic nitrogens is 3. The van der Waals surface area contributed by atoms with Crippen molar-refractivity contribution in [3.8, 4) is 11.3 Å². The van der Waals surface area contributed by atoms with Gasteiger partial charge < -0.3 is 4.90 Å². The molecule has 1 aromatic carbocycles. The second-order valence-electron chi connectivity index (χ2n) is 10.8. The number of hydrogen-bond donors (Lipinski definition) is 2.